The molecule has 0 radical (unpaired) electrons. The normalized spacial score (nSPS) is 10.2. The van der Waals surface area contributed by atoms with Crippen molar-refractivity contribution in [1.82, 2.24) is 0 Å². The summed E-state index contributed by atoms with van der Waals surface area (Å²) in [6.07, 6.45) is 0. The van der Waals surface area contributed by atoms with Crippen molar-refractivity contribution in [2.24, 2.45) is 5.73 Å². The number of anilines is 2. The van der Waals surface area contributed by atoms with Gasteiger partial charge >= 0.3 is 0 Å². The molecule has 2 aromatic rings. The van der Waals surface area contributed by atoms with E-state index in [-0.39, 0.29) is 0 Å². The van der Waals surface area contributed by atoms with Crippen LogP contribution in [0.5, 0.6) is 0 Å². The van der Waals surface area contributed by atoms with Gasteiger partial charge in [0.15, 0.2) is 0 Å². The second-order valence-corrected chi connectivity index (χ2v) is 4.52. The van der Waals surface area contributed by atoms with Crippen LogP contribution in [0.15, 0.2) is 42.5 Å². The van der Waals surface area contributed by atoms with Crippen LogP contribution in [0.2, 0.25) is 5.02 Å². The van der Waals surface area contributed by atoms with Crippen molar-refractivity contribution < 1.29 is 4.79 Å². The average Bonchev–Trinajstić information content (AvgIpc) is 2.39. The van der Waals surface area contributed by atoms with E-state index >= 15 is 0 Å². The van der Waals surface area contributed by atoms with Crippen LogP contribution in [-0.4, -0.2) is 5.91 Å². The van der Waals surface area contributed by atoms with Gasteiger partial charge in [0.2, 0.25) is 5.91 Å². The SMILES string of the molecule is NC(=O)c1ccc(NCc2ccccc2Cl)c(N)c1. The molecule has 0 aliphatic heterocycles. The predicted octanol–water partition coefficient (Wildman–Crippen LogP) is 2.63. The molecule has 2 aromatic carbocycles. The number of carbonyl (C=O) groups excluding carboxylic acids is 1. The Balaban J connectivity index is 2.12. The summed E-state index contributed by atoms with van der Waals surface area (Å²) in [4.78, 5) is 11.0. The summed E-state index contributed by atoms with van der Waals surface area (Å²) in [6.45, 7) is 0.555. The first-order chi connectivity index (χ1) is 9.08. The highest BCUT2D eigenvalue weighted by molar-refractivity contribution is 6.31. The van der Waals surface area contributed by atoms with Crippen LogP contribution in [-0.2, 0) is 6.54 Å². The molecule has 2 rings (SSSR count). The first kappa shape index (κ1) is 13.2. The van der Waals surface area contributed by atoms with Crippen LogP contribution >= 0.6 is 11.6 Å². The number of nitrogens with two attached hydrogens (primary N) is 2. The molecule has 98 valence electrons. The number of carbonyl (C=O) groups is 1. The second-order valence-electron chi connectivity index (χ2n) is 4.11. The van der Waals surface area contributed by atoms with Gasteiger partial charge in [0.05, 0.1) is 11.4 Å². The molecule has 0 fully saturated rings. The minimum Gasteiger partial charge on any atom is -0.397 e. The van der Waals surface area contributed by atoms with E-state index in [0.717, 1.165) is 11.3 Å². The zero-order chi connectivity index (χ0) is 13.8. The van der Waals surface area contributed by atoms with E-state index in [2.05, 4.69) is 5.32 Å². The lowest BCUT2D eigenvalue weighted by Gasteiger charge is -2.11. The van der Waals surface area contributed by atoms with Crippen molar-refractivity contribution in [1.29, 1.82) is 0 Å². The number of hydrogen-bond donors (Lipinski definition) is 3. The van der Waals surface area contributed by atoms with E-state index in [0.29, 0.717) is 22.8 Å². The van der Waals surface area contributed by atoms with E-state index < -0.39 is 5.91 Å². The second kappa shape index (κ2) is 5.63. The summed E-state index contributed by atoms with van der Waals surface area (Å²) in [5.41, 5.74) is 13.6. The van der Waals surface area contributed by atoms with E-state index in [1.165, 1.54) is 0 Å². The highest BCUT2D eigenvalue weighted by Gasteiger charge is 2.05. The fraction of sp³-hybridized carbons (Fsp3) is 0.0714. The Morgan fingerprint density at radius 1 is 1.21 bits per heavy atom. The lowest BCUT2D eigenvalue weighted by molar-refractivity contribution is 0.100. The number of nitrogen functional groups attached to an aromatic ring is 1. The maximum absolute atomic E-state index is 11.0. The molecule has 0 atom stereocenters. The number of primary amides is 1. The third kappa shape index (κ3) is 3.17. The molecule has 0 spiro atoms. The van der Waals surface area contributed by atoms with Crippen molar-refractivity contribution in [3.63, 3.8) is 0 Å². The third-order valence-electron chi connectivity index (χ3n) is 2.76. The maximum atomic E-state index is 11.0. The molecule has 4 nitrogen and oxygen atoms in total. The van der Waals surface area contributed by atoms with Crippen molar-refractivity contribution in [2.45, 2.75) is 6.54 Å². The van der Waals surface area contributed by atoms with Crippen LogP contribution in [0.4, 0.5) is 11.4 Å². The van der Waals surface area contributed by atoms with Gasteiger partial charge in [-0.1, -0.05) is 29.8 Å². The number of hydrogen-bond acceptors (Lipinski definition) is 3. The van der Waals surface area contributed by atoms with Gasteiger partial charge < -0.3 is 16.8 Å². The van der Waals surface area contributed by atoms with Gasteiger partial charge in [-0.05, 0) is 29.8 Å². The summed E-state index contributed by atoms with van der Waals surface area (Å²) in [7, 11) is 0. The molecule has 0 heterocycles. The summed E-state index contributed by atoms with van der Waals surface area (Å²) in [5.74, 6) is -0.496. The minimum atomic E-state index is -0.496. The zero-order valence-corrected chi connectivity index (χ0v) is 10.9. The summed E-state index contributed by atoms with van der Waals surface area (Å²) >= 11 is 6.06. The van der Waals surface area contributed by atoms with Crippen LogP contribution in [0, 0.1) is 0 Å². The van der Waals surface area contributed by atoms with Crippen molar-refractivity contribution in [3.8, 4) is 0 Å². The Labute approximate surface area is 116 Å². The lowest BCUT2D eigenvalue weighted by Crippen LogP contribution is -2.12. The molecular weight excluding hydrogens is 262 g/mol. The summed E-state index contributed by atoms with van der Waals surface area (Å²) in [5, 5.41) is 3.87. The number of rotatable bonds is 4. The van der Waals surface area contributed by atoms with Gasteiger partial charge in [-0.2, -0.15) is 0 Å². The molecule has 0 unspecified atom stereocenters. The number of amides is 1. The van der Waals surface area contributed by atoms with E-state index in [1.807, 2.05) is 24.3 Å². The smallest absolute Gasteiger partial charge is 0.248 e. The van der Waals surface area contributed by atoms with Crippen LogP contribution in [0.1, 0.15) is 15.9 Å². The zero-order valence-electron chi connectivity index (χ0n) is 10.2. The van der Waals surface area contributed by atoms with Gasteiger partial charge in [-0.25, -0.2) is 0 Å². The topological polar surface area (TPSA) is 81.1 Å². The third-order valence-corrected chi connectivity index (χ3v) is 3.13. The van der Waals surface area contributed by atoms with Crippen molar-refractivity contribution in [2.75, 3.05) is 11.1 Å². The maximum Gasteiger partial charge on any atom is 0.248 e. The molecule has 0 aliphatic rings. The molecule has 5 heteroatoms. The standard InChI is InChI=1S/C14H14ClN3O/c15-11-4-2-1-3-10(11)8-18-13-6-5-9(14(17)19)7-12(13)16/h1-7,18H,8,16H2,(H2,17,19). The fourth-order valence-corrected chi connectivity index (χ4v) is 1.91. The molecule has 0 bridgehead atoms. The van der Waals surface area contributed by atoms with E-state index in [4.69, 9.17) is 23.1 Å². The monoisotopic (exact) mass is 275 g/mol. The van der Waals surface area contributed by atoms with Crippen molar-refractivity contribution >= 4 is 28.9 Å². The Bertz CT molecular complexity index is 613. The van der Waals surface area contributed by atoms with Gasteiger partial charge in [-0.15, -0.1) is 0 Å². The fourth-order valence-electron chi connectivity index (χ4n) is 1.71. The lowest BCUT2D eigenvalue weighted by atomic mass is 10.1. The van der Waals surface area contributed by atoms with Gasteiger partial charge in [0.25, 0.3) is 0 Å². The molecule has 1 amide bonds. The van der Waals surface area contributed by atoms with Crippen LogP contribution < -0.4 is 16.8 Å². The Morgan fingerprint density at radius 2 is 1.95 bits per heavy atom. The van der Waals surface area contributed by atoms with Crippen molar-refractivity contribution in [3.05, 3.63) is 58.6 Å². The molecule has 0 aromatic heterocycles. The molecule has 0 saturated heterocycles. The highest BCUT2D eigenvalue weighted by Crippen LogP contribution is 2.22. The first-order valence-corrected chi connectivity index (χ1v) is 6.12. The quantitative estimate of drug-likeness (QED) is 0.750. The van der Waals surface area contributed by atoms with E-state index in [9.17, 15) is 4.79 Å². The Morgan fingerprint density at radius 3 is 2.58 bits per heavy atom. The Hall–Kier alpha value is -2.20. The molecule has 19 heavy (non-hydrogen) atoms. The van der Waals surface area contributed by atoms with Crippen LogP contribution in [0.25, 0.3) is 0 Å². The highest BCUT2D eigenvalue weighted by atomic mass is 35.5. The molecule has 0 saturated carbocycles. The average molecular weight is 276 g/mol. The molecule has 5 N–H and O–H groups in total. The number of nitrogens with one attached hydrogen (secondary N) is 1. The molecular formula is C14H14ClN3O. The van der Waals surface area contributed by atoms with Crippen LogP contribution in [0.3, 0.4) is 0 Å². The number of halogens is 1. The largest absolute Gasteiger partial charge is 0.397 e. The van der Waals surface area contributed by atoms with Gasteiger partial charge in [-0.3, -0.25) is 4.79 Å². The van der Waals surface area contributed by atoms with Gasteiger partial charge in [0.1, 0.15) is 0 Å². The van der Waals surface area contributed by atoms with E-state index in [1.54, 1.807) is 18.2 Å². The molecule has 0 aliphatic carbocycles. The number of benzene rings is 2. The predicted molar refractivity (Wildman–Crippen MR) is 78.2 cm³/mol. The summed E-state index contributed by atoms with van der Waals surface area (Å²) < 4.78 is 0. The van der Waals surface area contributed by atoms with Gasteiger partial charge in [0, 0.05) is 17.1 Å². The Kier molecular flexibility index (Phi) is 3.92. The summed E-state index contributed by atoms with van der Waals surface area (Å²) in [6, 6.07) is 12.5. The first-order valence-electron chi connectivity index (χ1n) is 5.74. The minimum absolute atomic E-state index is 0.390.